The second-order valence-electron chi connectivity index (χ2n) is 6.49. The van der Waals surface area contributed by atoms with Gasteiger partial charge in [-0.3, -0.25) is 4.79 Å². The molecule has 2 aromatic carbocycles. The minimum atomic E-state index is -0.0867. The van der Waals surface area contributed by atoms with Crippen molar-refractivity contribution < 1.29 is 9.53 Å². The molecule has 3 rings (SSSR count). The second kappa shape index (κ2) is 8.45. The molecule has 0 atom stereocenters. The highest BCUT2D eigenvalue weighted by Crippen LogP contribution is 2.21. The lowest BCUT2D eigenvalue weighted by Crippen LogP contribution is -2.15. The summed E-state index contributed by atoms with van der Waals surface area (Å²) in [6, 6.07) is 15.5. The normalized spacial score (nSPS) is 10.5. The highest BCUT2D eigenvalue weighted by molar-refractivity contribution is 5.91. The number of hydrogen-bond donors (Lipinski definition) is 1. The molecular formula is C22H23N3O2. The van der Waals surface area contributed by atoms with E-state index in [1.54, 1.807) is 6.20 Å². The number of nitrogens with one attached hydrogen (secondary N) is 1. The standard InChI is InChI=1S/C22H23N3O2/c1-15-7-8-16(2)21(13-15)27-12-10-22(26)25-19-6-4-5-18(14-19)20-9-11-23-17(3)24-20/h4-9,11,13-14H,10,12H2,1-3H3,(H,25,26). The van der Waals surface area contributed by atoms with Gasteiger partial charge < -0.3 is 10.1 Å². The summed E-state index contributed by atoms with van der Waals surface area (Å²) in [7, 11) is 0. The van der Waals surface area contributed by atoms with E-state index in [0.717, 1.165) is 33.8 Å². The third kappa shape index (κ3) is 5.14. The average molecular weight is 361 g/mol. The first-order chi connectivity index (χ1) is 13.0. The van der Waals surface area contributed by atoms with E-state index in [4.69, 9.17) is 4.74 Å². The third-order valence-corrected chi connectivity index (χ3v) is 4.15. The zero-order chi connectivity index (χ0) is 19.2. The van der Waals surface area contributed by atoms with Crippen LogP contribution in [0.15, 0.2) is 54.7 Å². The highest BCUT2D eigenvalue weighted by Gasteiger charge is 2.07. The van der Waals surface area contributed by atoms with Crippen LogP contribution in [0.4, 0.5) is 5.69 Å². The molecule has 0 spiro atoms. The summed E-state index contributed by atoms with van der Waals surface area (Å²) in [4.78, 5) is 20.8. The minimum absolute atomic E-state index is 0.0867. The molecule has 0 saturated heterocycles. The molecule has 0 radical (unpaired) electrons. The molecule has 0 fully saturated rings. The van der Waals surface area contributed by atoms with Crippen molar-refractivity contribution in [2.75, 3.05) is 11.9 Å². The SMILES string of the molecule is Cc1ccc(C)c(OCCC(=O)Nc2cccc(-c3ccnc(C)n3)c2)c1. The number of carbonyl (C=O) groups is 1. The van der Waals surface area contributed by atoms with Gasteiger partial charge in [-0.1, -0.05) is 24.3 Å². The molecular weight excluding hydrogens is 338 g/mol. The van der Waals surface area contributed by atoms with Crippen molar-refractivity contribution in [1.29, 1.82) is 0 Å². The number of amides is 1. The van der Waals surface area contributed by atoms with Crippen LogP contribution in [0.25, 0.3) is 11.3 Å². The van der Waals surface area contributed by atoms with E-state index in [-0.39, 0.29) is 12.3 Å². The molecule has 0 aliphatic rings. The van der Waals surface area contributed by atoms with Gasteiger partial charge in [0.1, 0.15) is 11.6 Å². The number of benzene rings is 2. The molecule has 0 saturated carbocycles. The Bertz CT molecular complexity index is 954. The molecule has 138 valence electrons. The molecule has 0 bridgehead atoms. The lowest BCUT2D eigenvalue weighted by molar-refractivity contribution is -0.116. The number of aromatic nitrogens is 2. The van der Waals surface area contributed by atoms with Gasteiger partial charge in [0, 0.05) is 17.4 Å². The van der Waals surface area contributed by atoms with Gasteiger partial charge >= 0.3 is 0 Å². The molecule has 1 amide bonds. The molecule has 3 aromatic rings. The third-order valence-electron chi connectivity index (χ3n) is 4.15. The van der Waals surface area contributed by atoms with Crippen LogP contribution < -0.4 is 10.1 Å². The Labute approximate surface area is 159 Å². The number of ether oxygens (including phenoxy) is 1. The van der Waals surface area contributed by atoms with E-state index >= 15 is 0 Å². The Morgan fingerprint density at radius 3 is 2.74 bits per heavy atom. The summed E-state index contributed by atoms with van der Waals surface area (Å²) in [6.45, 7) is 6.20. The molecule has 0 aliphatic carbocycles. The van der Waals surface area contributed by atoms with Crippen LogP contribution in [0.2, 0.25) is 0 Å². The topological polar surface area (TPSA) is 64.1 Å². The zero-order valence-corrected chi connectivity index (χ0v) is 15.8. The molecule has 27 heavy (non-hydrogen) atoms. The maximum Gasteiger partial charge on any atom is 0.227 e. The summed E-state index contributed by atoms with van der Waals surface area (Å²) < 4.78 is 5.75. The Kier molecular flexibility index (Phi) is 5.81. The van der Waals surface area contributed by atoms with Crippen LogP contribution >= 0.6 is 0 Å². The summed E-state index contributed by atoms with van der Waals surface area (Å²) in [5.41, 5.74) is 4.70. The fraction of sp³-hybridized carbons (Fsp3) is 0.227. The molecule has 0 unspecified atom stereocenters. The predicted molar refractivity (Wildman–Crippen MR) is 107 cm³/mol. The highest BCUT2D eigenvalue weighted by atomic mass is 16.5. The zero-order valence-electron chi connectivity index (χ0n) is 15.8. The van der Waals surface area contributed by atoms with Gasteiger partial charge in [-0.15, -0.1) is 0 Å². The maximum absolute atomic E-state index is 12.2. The van der Waals surface area contributed by atoms with E-state index in [1.807, 2.05) is 69.3 Å². The van der Waals surface area contributed by atoms with E-state index in [9.17, 15) is 4.79 Å². The Morgan fingerprint density at radius 1 is 1.07 bits per heavy atom. The summed E-state index contributed by atoms with van der Waals surface area (Å²) in [6.07, 6.45) is 2.01. The lowest BCUT2D eigenvalue weighted by atomic mass is 10.1. The van der Waals surface area contributed by atoms with Gasteiger partial charge in [-0.25, -0.2) is 9.97 Å². The first-order valence-electron chi connectivity index (χ1n) is 8.91. The molecule has 1 aromatic heterocycles. The monoisotopic (exact) mass is 361 g/mol. The predicted octanol–water partition coefficient (Wildman–Crippen LogP) is 4.48. The van der Waals surface area contributed by atoms with Crippen LogP contribution in [0.3, 0.4) is 0 Å². The first kappa shape index (κ1) is 18.6. The van der Waals surface area contributed by atoms with Gasteiger partial charge in [0.15, 0.2) is 0 Å². The van der Waals surface area contributed by atoms with Gasteiger partial charge in [0.05, 0.1) is 18.7 Å². The van der Waals surface area contributed by atoms with Crippen LogP contribution in [0, 0.1) is 20.8 Å². The van der Waals surface area contributed by atoms with Crippen molar-refractivity contribution in [3.8, 4) is 17.0 Å². The molecule has 1 N–H and O–H groups in total. The van der Waals surface area contributed by atoms with Crippen molar-refractivity contribution in [3.05, 3.63) is 71.7 Å². The second-order valence-corrected chi connectivity index (χ2v) is 6.49. The summed E-state index contributed by atoms with van der Waals surface area (Å²) in [5.74, 6) is 1.45. The minimum Gasteiger partial charge on any atom is -0.493 e. The largest absolute Gasteiger partial charge is 0.493 e. The summed E-state index contributed by atoms with van der Waals surface area (Å²) >= 11 is 0. The van der Waals surface area contributed by atoms with Crippen LogP contribution in [-0.2, 0) is 4.79 Å². The average Bonchev–Trinajstić information content (AvgIpc) is 2.65. The van der Waals surface area contributed by atoms with Gasteiger partial charge in [-0.05, 0) is 56.2 Å². The number of nitrogens with zero attached hydrogens (tertiary/aromatic N) is 2. The van der Waals surface area contributed by atoms with Crippen molar-refractivity contribution in [2.24, 2.45) is 0 Å². The molecule has 5 heteroatoms. The number of rotatable bonds is 6. The van der Waals surface area contributed by atoms with Crippen LogP contribution in [-0.4, -0.2) is 22.5 Å². The van der Waals surface area contributed by atoms with Crippen LogP contribution in [0.5, 0.6) is 5.75 Å². The number of aryl methyl sites for hydroxylation is 3. The Balaban J connectivity index is 1.58. The first-order valence-corrected chi connectivity index (χ1v) is 8.91. The number of anilines is 1. The number of carbonyl (C=O) groups excluding carboxylic acids is 1. The number of hydrogen-bond acceptors (Lipinski definition) is 4. The lowest BCUT2D eigenvalue weighted by Gasteiger charge is -2.11. The molecule has 1 heterocycles. The van der Waals surface area contributed by atoms with E-state index in [0.29, 0.717) is 12.4 Å². The molecule has 0 aliphatic heterocycles. The van der Waals surface area contributed by atoms with Crippen molar-refractivity contribution >= 4 is 11.6 Å². The fourth-order valence-corrected chi connectivity index (χ4v) is 2.71. The van der Waals surface area contributed by atoms with E-state index in [1.165, 1.54) is 0 Å². The Morgan fingerprint density at radius 2 is 1.93 bits per heavy atom. The van der Waals surface area contributed by atoms with Crippen molar-refractivity contribution in [3.63, 3.8) is 0 Å². The van der Waals surface area contributed by atoms with Gasteiger partial charge in [-0.2, -0.15) is 0 Å². The molecule has 5 nitrogen and oxygen atoms in total. The van der Waals surface area contributed by atoms with Crippen LogP contribution in [0.1, 0.15) is 23.4 Å². The van der Waals surface area contributed by atoms with Crippen molar-refractivity contribution in [1.82, 2.24) is 9.97 Å². The smallest absolute Gasteiger partial charge is 0.227 e. The van der Waals surface area contributed by atoms with Gasteiger partial charge in [0.25, 0.3) is 0 Å². The maximum atomic E-state index is 12.2. The fourth-order valence-electron chi connectivity index (χ4n) is 2.71. The quantitative estimate of drug-likeness (QED) is 0.703. The van der Waals surface area contributed by atoms with E-state index < -0.39 is 0 Å². The van der Waals surface area contributed by atoms with E-state index in [2.05, 4.69) is 15.3 Å². The summed E-state index contributed by atoms with van der Waals surface area (Å²) in [5, 5.41) is 2.92. The Hall–Kier alpha value is -3.21. The van der Waals surface area contributed by atoms with Gasteiger partial charge in [0.2, 0.25) is 5.91 Å². The van der Waals surface area contributed by atoms with Crippen molar-refractivity contribution in [2.45, 2.75) is 27.2 Å².